The molecule has 1 aromatic rings. The number of aliphatic hydroxyl groups is 1. The summed E-state index contributed by atoms with van der Waals surface area (Å²) in [5, 5.41) is 10.4. The summed E-state index contributed by atoms with van der Waals surface area (Å²) in [5.74, 6) is 0.0489. The van der Waals surface area contributed by atoms with Gasteiger partial charge in [-0.1, -0.05) is 6.92 Å². The van der Waals surface area contributed by atoms with Crippen molar-refractivity contribution in [2.45, 2.75) is 31.2 Å². The van der Waals surface area contributed by atoms with E-state index in [4.69, 9.17) is 0 Å². The summed E-state index contributed by atoms with van der Waals surface area (Å²) in [6.07, 6.45) is 6.34. The second kappa shape index (κ2) is 6.59. The first-order valence-electron chi connectivity index (χ1n) is 7.04. The zero-order chi connectivity index (χ0) is 14.6. The summed E-state index contributed by atoms with van der Waals surface area (Å²) in [5.41, 5.74) is 0.661. The molecule has 0 spiro atoms. The zero-order valence-electron chi connectivity index (χ0n) is 12.1. The van der Waals surface area contributed by atoms with Gasteiger partial charge in [-0.2, -0.15) is 0 Å². The Balaban J connectivity index is 2.00. The Labute approximate surface area is 124 Å². The van der Waals surface area contributed by atoms with Crippen LogP contribution >= 0.6 is 11.8 Å². The third-order valence-electron chi connectivity index (χ3n) is 4.39. The fraction of sp³-hybridized carbons (Fsp3) is 0.600. The smallest absolute Gasteiger partial charge is 0.255 e. The number of rotatable bonds is 4. The lowest BCUT2D eigenvalue weighted by Crippen LogP contribution is -2.44. The van der Waals surface area contributed by atoms with Crippen molar-refractivity contribution in [3.63, 3.8) is 0 Å². The molecule has 1 N–H and O–H groups in total. The van der Waals surface area contributed by atoms with Crippen molar-refractivity contribution in [2.24, 2.45) is 5.41 Å². The van der Waals surface area contributed by atoms with Crippen LogP contribution in [0, 0.1) is 5.41 Å². The predicted molar refractivity (Wildman–Crippen MR) is 81.0 cm³/mol. The first-order chi connectivity index (χ1) is 9.64. The van der Waals surface area contributed by atoms with Gasteiger partial charge < -0.3 is 10.0 Å². The van der Waals surface area contributed by atoms with Gasteiger partial charge >= 0.3 is 0 Å². The first-order valence-corrected chi connectivity index (χ1v) is 8.27. The lowest BCUT2D eigenvalue weighted by Gasteiger charge is -2.40. The van der Waals surface area contributed by atoms with Crippen LogP contribution in [0.1, 0.15) is 36.5 Å². The minimum absolute atomic E-state index is 0.0116. The molecule has 2 heterocycles. The quantitative estimate of drug-likeness (QED) is 0.867. The zero-order valence-corrected chi connectivity index (χ0v) is 12.9. The van der Waals surface area contributed by atoms with Crippen molar-refractivity contribution in [3.05, 3.63) is 23.9 Å². The standard InChI is InChI=1S/C15H22N2O2S/c1-3-15(11-18)6-8-17(9-7-15)14(19)12-4-5-13(20-2)16-10-12/h4-5,10,18H,3,6-9,11H2,1-2H3. The summed E-state index contributed by atoms with van der Waals surface area (Å²) >= 11 is 1.57. The number of amides is 1. The van der Waals surface area contributed by atoms with Crippen LogP contribution in [0.4, 0.5) is 0 Å². The lowest BCUT2D eigenvalue weighted by atomic mass is 9.77. The number of pyridine rings is 1. The first kappa shape index (κ1) is 15.3. The third kappa shape index (κ3) is 3.15. The fourth-order valence-electron chi connectivity index (χ4n) is 2.62. The molecule has 1 saturated heterocycles. The monoisotopic (exact) mass is 294 g/mol. The van der Waals surface area contributed by atoms with Crippen LogP contribution in [0.25, 0.3) is 0 Å². The highest BCUT2D eigenvalue weighted by molar-refractivity contribution is 7.98. The maximum atomic E-state index is 12.4. The molecule has 0 unspecified atom stereocenters. The van der Waals surface area contributed by atoms with Gasteiger partial charge in [-0.05, 0) is 43.1 Å². The normalized spacial score (nSPS) is 18.1. The van der Waals surface area contributed by atoms with Crippen LogP contribution in [0.3, 0.4) is 0 Å². The van der Waals surface area contributed by atoms with E-state index in [-0.39, 0.29) is 17.9 Å². The second-order valence-electron chi connectivity index (χ2n) is 5.39. The third-order valence-corrected chi connectivity index (χ3v) is 5.05. The topological polar surface area (TPSA) is 53.4 Å². The summed E-state index contributed by atoms with van der Waals surface area (Å²) < 4.78 is 0. The van der Waals surface area contributed by atoms with Crippen molar-refractivity contribution in [1.82, 2.24) is 9.88 Å². The number of carbonyl (C=O) groups excluding carboxylic acids is 1. The molecule has 20 heavy (non-hydrogen) atoms. The number of aliphatic hydroxyl groups excluding tert-OH is 1. The summed E-state index contributed by atoms with van der Waals surface area (Å²) in [7, 11) is 0. The number of hydrogen-bond acceptors (Lipinski definition) is 4. The van der Waals surface area contributed by atoms with E-state index in [0.717, 1.165) is 37.4 Å². The molecule has 5 heteroatoms. The van der Waals surface area contributed by atoms with Crippen LogP contribution in [0.5, 0.6) is 0 Å². The minimum Gasteiger partial charge on any atom is -0.396 e. The average Bonchev–Trinajstić information content (AvgIpc) is 2.54. The van der Waals surface area contributed by atoms with Crippen molar-refractivity contribution in [1.29, 1.82) is 0 Å². The highest BCUT2D eigenvalue weighted by Gasteiger charge is 2.34. The van der Waals surface area contributed by atoms with E-state index in [2.05, 4.69) is 11.9 Å². The molecule has 2 rings (SSSR count). The Bertz CT molecular complexity index is 447. The van der Waals surface area contributed by atoms with Gasteiger partial charge in [0, 0.05) is 25.9 Å². The average molecular weight is 294 g/mol. The van der Waals surface area contributed by atoms with Crippen molar-refractivity contribution < 1.29 is 9.90 Å². The van der Waals surface area contributed by atoms with Gasteiger partial charge in [0.2, 0.25) is 0 Å². The van der Waals surface area contributed by atoms with Crippen LogP contribution in [-0.4, -0.2) is 46.8 Å². The highest BCUT2D eigenvalue weighted by atomic mass is 32.2. The van der Waals surface area contributed by atoms with Crippen molar-refractivity contribution in [3.8, 4) is 0 Å². The van der Waals surface area contributed by atoms with E-state index in [1.54, 1.807) is 18.0 Å². The molecule has 1 amide bonds. The van der Waals surface area contributed by atoms with Gasteiger partial charge in [0.1, 0.15) is 0 Å². The van der Waals surface area contributed by atoms with Crippen LogP contribution < -0.4 is 0 Å². The molecule has 1 aliphatic rings. The molecule has 0 aliphatic carbocycles. The Morgan fingerprint density at radius 2 is 2.15 bits per heavy atom. The molecule has 0 bridgehead atoms. The molecule has 0 radical (unpaired) electrons. The van der Waals surface area contributed by atoms with Crippen molar-refractivity contribution in [2.75, 3.05) is 26.0 Å². The molecule has 110 valence electrons. The number of thioether (sulfide) groups is 1. The molecular weight excluding hydrogens is 272 g/mol. The van der Waals surface area contributed by atoms with Crippen LogP contribution in [0.15, 0.2) is 23.4 Å². The van der Waals surface area contributed by atoms with Crippen LogP contribution in [0.2, 0.25) is 0 Å². The van der Waals surface area contributed by atoms with Gasteiger partial charge in [0.25, 0.3) is 5.91 Å². The maximum Gasteiger partial charge on any atom is 0.255 e. The molecule has 0 aromatic carbocycles. The minimum atomic E-state index is 0.0116. The highest BCUT2D eigenvalue weighted by Crippen LogP contribution is 2.34. The van der Waals surface area contributed by atoms with Crippen molar-refractivity contribution >= 4 is 17.7 Å². The van der Waals surface area contributed by atoms with Gasteiger partial charge in [0.15, 0.2) is 0 Å². The molecule has 1 aromatic heterocycles. The summed E-state index contributed by atoms with van der Waals surface area (Å²) in [6.45, 7) is 3.77. The molecule has 0 atom stereocenters. The Hall–Kier alpha value is -1.07. The largest absolute Gasteiger partial charge is 0.396 e. The molecule has 4 nitrogen and oxygen atoms in total. The van der Waals surface area contributed by atoms with Gasteiger partial charge in [-0.15, -0.1) is 11.8 Å². The lowest BCUT2D eigenvalue weighted by molar-refractivity contribution is 0.0338. The Morgan fingerprint density at radius 1 is 1.45 bits per heavy atom. The summed E-state index contributed by atoms with van der Waals surface area (Å²) in [4.78, 5) is 18.5. The van der Waals surface area contributed by atoms with E-state index in [1.807, 2.05) is 23.3 Å². The second-order valence-corrected chi connectivity index (χ2v) is 6.22. The molecule has 1 fully saturated rings. The summed E-state index contributed by atoms with van der Waals surface area (Å²) in [6, 6.07) is 3.72. The molecule has 1 aliphatic heterocycles. The molecular formula is C15H22N2O2S. The Kier molecular flexibility index (Phi) is 5.05. The predicted octanol–water partition coefficient (Wildman–Crippen LogP) is 2.43. The number of likely N-dealkylation sites (tertiary alicyclic amines) is 1. The van der Waals surface area contributed by atoms with Gasteiger partial charge in [-0.25, -0.2) is 4.98 Å². The van der Waals surface area contributed by atoms with E-state index in [1.165, 1.54) is 0 Å². The fourth-order valence-corrected chi connectivity index (χ4v) is 2.98. The number of carbonyl (C=O) groups is 1. The van der Waals surface area contributed by atoms with E-state index < -0.39 is 0 Å². The number of aromatic nitrogens is 1. The van der Waals surface area contributed by atoms with Gasteiger partial charge in [0.05, 0.1) is 10.6 Å². The van der Waals surface area contributed by atoms with Gasteiger partial charge in [-0.3, -0.25) is 4.79 Å². The van der Waals surface area contributed by atoms with E-state index >= 15 is 0 Å². The number of piperidine rings is 1. The Morgan fingerprint density at radius 3 is 2.60 bits per heavy atom. The maximum absolute atomic E-state index is 12.4. The SMILES string of the molecule is CCC1(CO)CCN(C(=O)c2ccc(SC)nc2)CC1. The number of hydrogen-bond donors (Lipinski definition) is 1. The molecule has 0 saturated carbocycles. The van der Waals surface area contributed by atoms with Crippen LogP contribution in [-0.2, 0) is 0 Å². The van der Waals surface area contributed by atoms with E-state index in [9.17, 15) is 9.90 Å². The number of nitrogens with zero attached hydrogens (tertiary/aromatic N) is 2. The van der Waals surface area contributed by atoms with E-state index in [0.29, 0.717) is 5.56 Å².